The molecule has 1 saturated heterocycles. The Kier molecular flexibility index (Phi) is 4.73. The van der Waals surface area contributed by atoms with Gasteiger partial charge in [-0.2, -0.15) is 13.2 Å². The van der Waals surface area contributed by atoms with Crippen LogP contribution in [0.1, 0.15) is 37.4 Å². The Morgan fingerprint density at radius 1 is 1.20 bits per heavy atom. The van der Waals surface area contributed by atoms with Gasteiger partial charge in [0, 0.05) is 13.0 Å². The molecule has 1 aliphatic rings. The average Bonchev–Trinajstić information content (AvgIpc) is 2.92. The van der Waals surface area contributed by atoms with E-state index in [0.29, 0.717) is 5.92 Å². The van der Waals surface area contributed by atoms with Crippen LogP contribution in [0.4, 0.5) is 13.2 Å². The normalized spacial score (nSPS) is 17.3. The molecule has 2 aromatic carbocycles. The summed E-state index contributed by atoms with van der Waals surface area (Å²) < 4.78 is 41.1. The lowest BCUT2D eigenvalue weighted by molar-refractivity contribution is -0.191. The lowest BCUT2D eigenvalue weighted by atomic mass is 9.94. The van der Waals surface area contributed by atoms with Gasteiger partial charge in [0.2, 0.25) is 5.91 Å². The Hall–Kier alpha value is -2.08. The van der Waals surface area contributed by atoms with Gasteiger partial charge in [-0.1, -0.05) is 44.2 Å². The first-order valence-corrected chi connectivity index (χ1v) is 8.40. The van der Waals surface area contributed by atoms with Gasteiger partial charge in [-0.15, -0.1) is 0 Å². The van der Waals surface area contributed by atoms with Crippen molar-refractivity contribution < 1.29 is 18.0 Å². The van der Waals surface area contributed by atoms with E-state index in [4.69, 9.17) is 0 Å². The summed E-state index contributed by atoms with van der Waals surface area (Å²) in [4.78, 5) is 11.4. The van der Waals surface area contributed by atoms with Gasteiger partial charge >= 0.3 is 6.18 Å². The van der Waals surface area contributed by atoms with Gasteiger partial charge in [-0.25, -0.2) is 5.01 Å². The predicted octanol–water partition coefficient (Wildman–Crippen LogP) is 4.38. The maximum absolute atomic E-state index is 13.7. The molecule has 1 atom stereocenters. The Labute approximate surface area is 144 Å². The first-order chi connectivity index (χ1) is 11.8. The first-order valence-electron chi connectivity index (χ1n) is 8.40. The van der Waals surface area contributed by atoms with Crippen molar-refractivity contribution in [2.24, 2.45) is 5.92 Å². The molecule has 0 bridgehead atoms. The molecular formula is C19H21F3N2O. The van der Waals surface area contributed by atoms with Crippen molar-refractivity contribution in [3.8, 4) is 0 Å². The van der Waals surface area contributed by atoms with Crippen LogP contribution < -0.4 is 5.43 Å². The van der Waals surface area contributed by atoms with Crippen LogP contribution in [0.2, 0.25) is 0 Å². The van der Waals surface area contributed by atoms with Crippen LogP contribution in [0.15, 0.2) is 36.4 Å². The third-order valence-corrected chi connectivity index (χ3v) is 4.41. The number of halogens is 3. The third kappa shape index (κ3) is 3.79. The maximum Gasteiger partial charge on any atom is 0.409 e. The molecule has 1 N–H and O–H groups in total. The summed E-state index contributed by atoms with van der Waals surface area (Å²) >= 11 is 0. The van der Waals surface area contributed by atoms with Crippen LogP contribution in [0.25, 0.3) is 10.8 Å². The summed E-state index contributed by atoms with van der Waals surface area (Å²) in [7, 11) is 0. The lowest BCUT2D eigenvalue weighted by Gasteiger charge is -2.29. The summed E-state index contributed by atoms with van der Waals surface area (Å²) in [6, 6.07) is 8.82. The minimum Gasteiger partial charge on any atom is -0.288 e. The number of amides is 1. The zero-order valence-corrected chi connectivity index (χ0v) is 14.2. The number of hydrogen-bond donors (Lipinski definition) is 1. The van der Waals surface area contributed by atoms with E-state index in [-0.39, 0.29) is 24.4 Å². The van der Waals surface area contributed by atoms with E-state index >= 15 is 0 Å². The number of benzene rings is 2. The number of alkyl halides is 3. The van der Waals surface area contributed by atoms with Crippen molar-refractivity contribution in [3.05, 3.63) is 47.5 Å². The topological polar surface area (TPSA) is 32.3 Å². The first kappa shape index (κ1) is 17.7. The summed E-state index contributed by atoms with van der Waals surface area (Å²) in [6.45, 7) is 4.22. The van der Waals surface area contributed by atoms with E-state index in [1.54, 1.807) is 12.1 Å². The molecule has 0 aliphatic carbocycles. The zero-order chi connectivity index (χ0) is 18.2. The van der Waals surface area contributed by atoms with Crippen LogP contribution in [-0.4, -0.2) is 23.6 Å². The Morgan fingerprint density at radius 3 is 2.56 bits per heavy atom. The Bertz CT molecular complexity index is 786. The quantitative estimate of drug-likeness (QED) is 0.888. The molecule has 25 heavy (non-hydrogen) atoms. The fourth-order valence-corrected chi connectivity index (χ4v) is 3.38. The fraction of sp³-hybridized carbons (Fsp3) is 0.421. The smallest absolute Gasteiger partial charge is 0.288 e. The molecule has 0 radical (unpaired) electrons. The van der Waals surface area contributed by atoms with E-state index in [1.165, 1.54) is 6.07 Å². The summed E-state index contributed by atoms with van der Waals surface area (Å²) in [5, 5.41) is 2.76. The second-order valence-electron chi connectivity index (χ2n) is 6.92. The molecular weight excluding hydrogens is 329 g/mol. The van der Waals surface area contributed by atoms with Crippen LogP contribution in [0.5, 0.6) is 0 Å². The van der Waals surface area contributed by atoms with Gasteiger partial charge in [0.15, 0.2) is 0 Å². The molecule has 1 fully saturated rings. The van der Waals surface area contributed by atoms with E-state index in [9.17, 15) is 18.0 Å². The zero-order valence-electron chi connectivity index (χ0n) is 14.2. The molecule has 0 unspecified atom stereocenters. The fourth-order valence-electron chi connectivity index (χ4n) is 3.38. The van der Waals surface area contributed by atoms with Gasteiger partial charge in [-0.05, 0) is 40.3 Å². The molecule has 0 spiro atoms. The molecule has 134 valence electrons. The molecule has 0 saturated carbocycles. The maximum atomic E-state index is 13.7. The Morgan fingerprint density at radius 2 is 1.96 bits per heavy atom. The average molecular weight is 350 g/mol. The monoisotopic (exact) mass is 350 g/mol. The van der Waals surface area contributed by atoms with Crippen LogP contribution in [0, 0.1) is 5.92 Å². The number of carbonyl (C=O) groups is 1. The van der Waals surface area contributed by atoms with Gasteiger partial charge in [0.25, 0.3) is 0 Å². The third-order valence-electron chi connectivity index (χ3n) is 4.41. The van der Waals surface area contributed by atoms with Gasteiger partial charge in [0.1, 0.15) is 6.04 Å². The van der Waals surface area contributed by atoms with Crippen LogP contribution in [-0.2, 0) is 11.2 Å². The molecule has 1 amide bonds. The van der Waals surface area contributed by atoms with Crippen molar-refractivity contribution in [3.63, 3.8) is 0 Å². The highest BCUT2D eigenvalue weighted by Gasteiger charge is 2.46. The van der Waals surface area contributed by atoms with E-state index in [2.05, 4.69) is 19.3 Å². The number of nitrogens with zero attached hydrogens (tertiary/aromatic N) is 1. The molecule has 0 aromatic heterocycles. The molecule has 1 aliphatic heterocycles. The molecule has 3 nitrogen and oxygen atoms in total. The van der Waals surface area contributed by atoms with E-state index in [0.717, 1.165) is 27.8 Å². The van der Waals surface area contributed by atoms with Crippen LogP contribution >= 0.6 is 0 Å². The van der Waals surface area contributed by atoms with Crippen molar-refractivity contribution in [1.82, 2.24) is 10.4 Å². The summed E-state index contributed by atoms with van der Waals surface area (Å²) in [6.07, 6.45) is -3.59. The highest BCUT2D eigenvalue weighted by molar-refractivity contribution is 5.86. The number of nitrogens with one attached hydrogen (secondary N) is 1. The minimum absolute atomic E-state index is 0.0503. The summed E-state index contributed by atoms with van der Waals surface area (Å²) in [5.74, 6) is 0.0288. The predicted molar refractivity (Wildman–Crippen MR) is 90.8 cm³/mol. The molecule has 2 aromatic rings. The van der Waals surface area contributed by atoms with E-state index < -0.39 is 12.2 Å². The van der Waals surface area contributed by atoms with Crippen LogP contribution in [0.3, 0.4) is 0 Å². The number of hydrogen-bond acceptors (Lipinski definition) is 2. The van der Waals surface area contributed by atoms with Crippen molar-refractivity contribution in [2.75, 3.05) is 6.54 Å². The van der Waals surface area contributed by atoms with Gasteiger partial charge in [-0.3, -0.25) is 10.2 Å². The van der Waals surface area contributed by atoms with Gasteiger partial charge < -0.3 is 0 Å². The van der Waals surface area contributed by atoms with Crippen molar-refractivity contribution >= 4 is 16.7 Å². The SMILES string of the molecule is CC(C)Cc1cccc2ccc([C@H](N3CCC(=O)N3)C(F)(F)F)cc12. The highest BCUT2D eigenvalue weighted by Crippen LogP contribution is 2.39. The highest BCUT2D eigenvalue weighted by atomic mass is 19.4. The molecule has 3 rings (SSSR count). The number of fused-ring (bicyclic) bond motifs is 1. The van der Waals surface area contributed by atoms with Gasteiger partial charge in [0.05, 0.1) is 0 Å². The number of rotatable bonds is 4. The number of hydrazine groups is 1. The lowest BCUT2D eigenvalue weighted by Crippen LogP contribution is -2.43. The van der Waals surface area contributed by atoms with Crippen molar-refractivity contribution in [1.29, 1.82) is 0 Å². The Balaban J connectivity index is 2.07. The summed E-state index contributed by atoms with van der Waals surface area (Å²) in [5.41, 5.74) is 3.52. The second kappa shape index (κ2) is 6.67. The van der Waals surface area contributed by atoms with E-state index in [1.807, 2.05) is 18.2 Å². The second-order valence-corrected chi connectivity index (χ2v) is 6.92. The standard InChI is InChI=1S/C19H21F3N2O/c1-12(2)10-14-5-3-4-13-6-7-15(11-16(13)14)18(19(20,21)22)24-9-8-17(25)23-24/h3-7,11-12,18H,8-10H2,1-2H3,(H,23,25)/t18-/m0/s1. The minimum atomic E-state index is -4.47. The molecule has 1 heterocycles. The molecule has 6 heteroatoms. The van der Waals surface area contributed by atoms with Crippen molar-refractivity contribution in [2.45, 2.75) is 38.9 Å². The largest absolute Gasteiger partial charge is 0.409 e. The number of carbonyl (C=O) groups excluding carboxylic acids is 1.